The Morgan fingerprint density at radius 3 is 2.50 bits per heavy atom. The monoisotopic (exact) mass is 256 g/mol. The smallest absolute Gasteiger partial charge is 0.221 e. The van der Waals surface area contributed by atoms with Gasteiger partial charge in [-0.2, -0.15) is 0 Å². The van der Waals surface area contributed by atoms with Gasteiger partial charge in [0.25, 0.3) is 0 Å². The van der Waals surface area contributed by atoms with Crippen LogP contribution in [0.3, 0.4) is 0 Å². The zero-order valence-electron chi connectivity index (χ0n) is 11.4. The van der Waals surface area contributed by atoms with Gasteiger partial charge in [-0.05, 0) is 12.8 Å². The molecule has 1 N–H and O–H groups in total. The molecule has 2 amide bonds. The molecule has 1 saturated carbocycles. The molecule has 18 heavy (non-hydrogen) atoms. The topological polar surface area (TPSA) is 58.6 Å². The lowest BCUT2D eigenvalue weighted by Crippen LogP contribution is -2.38. The summed E-state index contributed by atoms with van der Waals surface area (Å²) in [6, 6.07) is 0.349. The zero-order chi connectivity index (χ0) is 13.4. The molecule has 0 heterocycles. The Morgan fingerprint density at radius 1 is 1.28 bits per heavy atom. The number of nitrogens with zero attached hydrogens (tertiary/aromatic N) is 1. The number of rotatable bonds is 7. The quantitative estimate of drug-likeness (QED) is 0.737. The maximum Gasteiger partial charge on any atom is 0.221 e. The van der Waals surface area contributed by atoms with E-state index in [-0.39, 0.29) is 11.8 Å². The van der Waals surface area contributed by atoms with Crippen LogP contribution < -0.4 is 5.32 Å². The molecular formula is C13H24N2O3. The summed E-state index contributed by atoms with van der Waals surface area (Å²) in [7, 11) is 1.60. The van der Waals surface area contributed by atoms with E-state index in [9.17, 15) is 9.59 Å². The van der Waals surface area contributed by atoms with E-state index < -0.39 is 0 Å². The van der Waals surface area contributed by atoms with Crippen LogP contribution in [0.15, 0.2) is 0 Å². The number of amides is 2. The molecular weight excluding hydrogens is 232 g/mol. The van der Waals surface area contributed by atoms with Crippen molar-refractivity contribution in [2.45, 2.75) is 45.1 Å². The lowest BCUT2D eigenvalue weighted by atomic mass is 10.2. The molecule has 0 aromatic carbocycles. The average molecular weight is 256 g/mol. The van der Waals surface area contributed by atoms with Crippen LogP contribution in [0.5, 0.6) is 0 Å². The predicted octanol–water partition coefficient (Wildman–Crippen LogP) is 0.930. The van der Waals surface area contributed by atoms with Crippen molar-refractivity contribution < 1.29 is 14.3 Å². The Morgan fingerprint density at radius 2 is 1.94 bits per heavy atom. The number of hydrogen-bond acceptors (Lipinski definition) is 3. The first-order valence-corrected chi connectivity index (χ1v) is 6.67. The van der Waals surface area contributed by atoms with Crippen molar-refractivity contribution in [1.29, 1.82) is 0 Å². The third-order valence-corrected chi connectivity index (χ3v) is 3.34. The Bertz CT molecular complexity index is 275. The highest BCUT2D eigenvalue weighted by atomic mass is 16.5. The summed E-state index contributed by atoms with van der Waals surface area (Å²) in [6.45, 7) is 3.04. The van der Waals surface area contributed by atoms with Crippen molar-refractivity contribution in [1.82, 2.24) is 10.2 Å². The SMILES string of the molecule is COCCN(CCC(=O)NC1CCCC1)C(C)=O. The molecule has 5 nitrogen and oxygen atoms in total. The van der Waals surface area contributed by atoms with Crippen LogP contribution in [0.4, 0.5) is 0 Å². The highest BCUT2D eigenvalue weighted by molar-refractivity contribution is 5.78. The van der Waals surface area contributed by atoms with Crippen LogP contribution in [-0.4, -0.2) is 49.6 Å². The van der Waals surface area contributed by atoms with Crippen molar-refractivity contribution in [3.05, 3.63) is 0 Å². The van der Waals surface area contributed by atoms with E-state index in [1.165, 1.54) is 19.8 Å². The van der Waals surface area contributed by atoms with Gasteiger partial charge in [0.2, 0.25) is 11.8 Å². The van der Waals surface area contributed by atoms with Gasteiger partial charge in [0, 0.05) is 39.6 Å². The second-order valence-corrected chi connectivity index (χ2v) is 4.80. The molecule has 0 unspecified atom stereocenters. The van der Waals surface area contributed by atoms with Crippen LogP contribution in [0.25, 0.3) is 0 Å². The first-order valence-electron chi connectivity index (χ1n) is 6.67. The molecule has 0 aromatic heterocycles. The van der Waals surface area contributed by atoms with E-state index in [1.807, 2.05) is 0 Å². The van der Waals surface area contributed by atoms with Gasteiger partial charge in [0.15, 0.2) is 0 Å². The van der Waals surface area contributed by atoms with E-state index in [2.05, 4.69) is 5.32 Å². The molecule has 0 aliphatic heterocycles. The van der Waals surface area contributed by atoms with Crippen LogP contribution >= 0.6 is 0 Å². The van der Waals surface area contributed by atoms with E-state index in [0.29, 0.717) is 32.2 Å². The number of carbonyl (C=O) groups is 2. The van der Waals surface area contributed by atoms with Gasteiger partial charge in [-0.15, -0.1) is 0 Å². The summed E-state index contributed by atoms with van der Waals surface area (Å²) in [5, 5.41) is 3.02. The maximum absolute atomic E-state index is 11.7. The largest absolute Gasteiger partial charge is 0.383 e. The molecule has 0 radical (unpaired) electrons. The van der Waals surface area contributed by atoms with E-state index >= 15 is 0 Å². The Kier molecular flexibility index (Phi) is 6.72. The summed E-state index contributed by atoms with van der Waals surface area (Å²) in [6.07, 6.45) is 4.97. The first kappa shape index (κ1) is 15.0. The van der Waals surface area contributed by atoms with Crippen molar-refractivity contribution >= 4 is 11.8 Å². The highest BCUT2D eigenvalue weighted by Gasteiger charge is 2.17. The Balaban J connectivity index is 2.23. The van der Waals surface area contributed by atoms with Gasteiger partial charge in [-0.3, -0.25) is 9.59 Å². The van der Waals surface area contributed by atoms with Crippen molar-refractivity contribution in [3.63, 3.8) is 0 Å². The molecule has 5 heteroatoms. The molecule has 1 aliphatic rings. The maximum atomic E-state index is 11.7. The summed E-state index contributed by atoms with van der Waals surface area (Å²) >= 11 is 0. The lowest BCUT2D eigenvalue weighted by Gasteiger charge is -2.21. The molecule has 1 fully saturated rings. The summed E-state index contributed by atoms with van der Waals surface area (Å²) < 4.78 is 4.94. The van der Waals surface area contributed by atoms with Gasteiger partial charge in [0.05, 0.1) is 6.61 Å². The van der Waals surface area contributed by atoms with Gasteiger partial charge >= 0.3 is 0 Å². The molecule has 1 rings (SSSR count). The van der Waals surface area contributed by atoms with E-state index in [1.54, 1.807) is 12.0 Å². The standard InChI is InChI=1S/C13H24N2O3/c1-11(16)15(9-10-18-2)8-7-13(17)14-12-5-3-4-6-12/h12H,3-10H2,1-2H3,(H,14,17). The molecule has 0 aromatic rings. The summed E-state index contributed by atoms with van der Waals surface area (Å²) in [5.74, 6) is 0.0336. The fraction of sp³-hybridized carbons (Fsp3) is 0.846. The molecule has 0 saturated heterocycles. The van der Waals surface area contributed by atoms with Crippen molar-refractivity contribution in [2.24, 2.45) is 0 Å². The molecule has 1 aliphatic carbocycles. The van der Waals surface area contributed by atoms with Gasteiger partial charge in [-0.25, -0.2) is 0 Å². The number of nitrogens with one attached hydrogen (secondary N) is 1. The average Bonchev–Trinajstić information content (AvgIpc) is 2.81. The minimum absolute atomic E-state index is 0.0132. The van der Waals surface area contributed by atoms with Crippen molar-refractivity contribution in [3.8, 4) is 0 Å². The summed E-state index contributed by atoms with van der Waals surface area (Å²) in [5.41, 5.74) is 0. The molecule has 0 atom stereocenters. The first-order chi connectivity index (χ1) is 8.63. The Hall–Kier alpha value is -1.10. The van der Waals surface area contributed by atoms with Gasteiger partial charge in [0.1, 0.15) is 0 Å². The minimum Gasteiger partial charge on any atom is -0.383 e. The third-order valence-electron chi connectivity index (χ3n) is 3.34. The molecule has 104 valence electrons. The normalized spacial score (nSPS) is 15.7. The van der Waals surface area contributed by atoms with E-state index in [0.717, 1.165) is 12.8 Å². The lowest BCUT2D eigenvalue weighted by molar-refractivity contribution is -0.130. The van der Waals surface area contributed by atoms with Crippen LogP contribution in [0, 0.1) is 0 Å². The van der Waals surface area contributed by atoms with Crippen LogP contribution in [0.2, 0.25) is 0 Å². The number of hydrogen-bond donors (Lipinski definition) is 1. The fourth-order valence-electron chi connectivity index (χ4n) is 2.23. The number of carbonyl (C=O) groups excluding carboxylic acids is 2. The number of ether oxygens (including phenoxy) is 1. The third kappa shape index (κ3) is 5.49. The summed E-state index contributed by atoms with van der Waals surface area (Å²) in [4.78, 5) is 24.7. The van der Waals surface area contributed by atoms with E-state index in [4.69, 9.17) is 4.74 Å². The van der Waals surface area contributed by atoms with Gasteiger partial charge in [-0.1, -0.05) is 12.8 Å². The van der Waals surface area contributed by atoms with Crippen LogP contribution in [-0.2, 0) is 14.3 Å². The van der Waals surface area contributed by atoms with Crippen molar-refractivity contribution in [2.75, 3.05) is 26.8 Å². The predicted molar refractivity (Wildman–Crippen MR) is 69.1 cm³/mol. The second-order valence-electron chi connectivity index (χ2n) is 4.80. The number of methoxy groups -OCH3 is 1. The van der Waals surface area contributed by atoms with Gasteiger partial charge < -0.3 is 15.0 Å². The van der Waals surface area contributed by atoms with Crippen LogP contribution in [0.1, 0.15) is 39.0 Å². The Labute approximate surface area is 109 Å². The highest BCUT2D eigenvalue weighted by Crippen LogP contribution is 2.17. The molecule has 0 bridgehead atoms. The molecule has 0 spiro atoms. The minimum atomic E-state index is -0.0132. The fourth-order valence-corrected chi connectivity index (χ4v) is 2.23. The zero-order valence-corrected chi connectivity index (χ0v) is 11.4. The second kappa shape index (κ2) is 8.08.